The van der Waals surface area contributed by atoms with Gasteiger partial charge in [0, 0.05) is 23.5 Å². The minimum atomic E-state index is -1.05. The normalized spacial score (nSPS) is 24.5. The number of aromatic amines is 1. The van der Waals surface area contributed by atoms with E-state index >= 15 is 0 Å². The van der Waals surface area contributed by atoms with Crippen LogP contribution in [0.15, 0.2) is 18.2 Å². The van der Waals surface area contributed by atoms with Crippen molar-refractivity contribution in [3.8, 4) is 0 Å². The van der Waals surface area contributed by atoms with Crippen LogP contribution in [-0.2, 0) is 21.5 Å². The minimum Gasteiger partial charge on any atom is -0.356 e. The molecule has 0 bridgehead atoms. The number of nitrogens with zero attached hydrogens (tertiary/aromatic N) is 2. The highest BCUT2D eigenvalue weighted by molar-refractivity contribution is 6.00. The lowest BCUT2D eigenvalue weighted by atomic mass is 9.82. The number of nitrogens with one attached hydrogen (secondary N) is 1. The first-order chi connectivity index (χ1) is 11.9. The second-order valence-corrected chi connectivity index (χ2v) is 7.23. The fraction of sp³-hybridized carbons (Fsp3) is 0.474. The van der Waals surface area contributed by atoms with E-state index < -0.39 is 5.54 Å². The molecule has 2 aliphatic heterocycles. The van der Waals surface area contributed by atoms with Gasteiger partial charge in [-0.3, -0.25) is 9.59 Å². The van der Waals surface area contributed by atoms with E-state index in [2.05, 4.69) is 4.98 Å². The topological polar surface area (TPSA) is 56.4 Å². The Labute approximate surface area is 145 Å². The van der Waals surface area contributed by atoms with Crippen LogP contribution in [0.5, 0.6) is 0 Å². The van der Waals surface area contributed by atoms with Gasteiger partial charge in [0.05, 0.1) is 5.69 Å². The van der Waals surface area contributed by atoms with Crippen molar-refractivity contribution in [2.75, 3.05) is 13.1 Å². The third-order valence-corrected chi connectivity index (χ3v) is 5.89. The van der Waals surface area contributed by atoms with Crippen molar-refractivity contribution in [1.82, 2.24) is 14.8 Å². The number of carbonyl (C=O) groups excluding carboxylic acids is 2. The van der Waals surface area contributed by atoms with E-state index in [0.29, 0.717) is 13.0 Å². The molecule has 1 N–H and O–H groups in total. The number of carbonyl (C=O) groups is 2. The average molecular weight is 343 g/mol. The molecule has 25 heavy (non-hydrogen) atoms. The molecule has 0 aliphatic carbocycles. The Morgan fingerprint density at radius 1 is 1.36 bits per heavy atom. The van der Waals surface area contributed by atoms with Crippen LogP contribution in [-0.4, -0.2) is 45.7 Å². The second kappa shape index (κ2) is 5.31. The Bertz CT molecular complexity index is 890. The van der Waals surface area contributed by atoms with E-state index in [1.165, 1.54) is 12.1 Å². The molecule has 5 nitrogen and oxygen atoms in total. The first-order valence-electron chi connectivity index (χ1n) is 8.80. The number of rotatable bonds is 2. The van der Waals surface area contributed by atoms with E-state index in [1.54, 1.807) is 15.9 Å². The molecule has 1 aromatic heterocycles. The third-order valence-electron chi connectivity index (χ3n) is 5.89. The summed E-state index contributed by atoms with van der Waals surface area (Å²) in [5.41, 5.74) is 1.42. The van der Waals surface area contributed by atoms with Crippen LogP contribution >= 0.6 is 0 Å². The number of fused-ring (bicyclic) bond motifs is 5. The summed E-state index contributed by atoms with van der Waals surface area (Å²) < 4.78 is 13.7. The quantitative estimate of drug-likeness (QED) is 0.911. The van der Waals surface area contributed by atoms with Crippen molar-refractivity contribution < 1.29 is 14.0 Å². The van der Waals surface area contributed by atoms with Gasteiger partial charge in [0.15, 0.2) is 5.54 Å². The Morgan fingerprint density at radius 2 is 2.12 bits per heavy atom. The van der Waals surface area contributed by atoms with Gasteiger partial charge in [0.1, 0.15) is 12.4 Å². The predicted molar refractivity (Wildman–Crippen MR) is 92.5 cm³/mol. The zero-order valence-corrected chi connectivity index (χ0v) is 14.7. The van der Waals surface area contributed by atoms with Gasteiger partial charge >= 0.3 is 0 Å². The maximum absolute atomic E-state index is 13.7. The van der Waals surface area contributed by atoms with E-state index in [0.717, 1.165) is 28.6 Å². The molecule has 2 aliphatic rings. The second-order valence-electron chi connectivity index (χ2n) is 7.23. The Kier molecular flexibility index (Phi) is 3.42. The fourth-order valence-corrected chi connectivity index (χ4v) is 4.23. The molecule has 0 saturated carbocycles. The van der Waals surface area contributed by atoms with Crippen LogP contribution in [0, 0.1) is 5.82 Å². The Hall–Kier alpha value is -2.37. The number of H-pyrrole nitrogens is 1. The van der Waals surface area contributed by atoms with E-state index in [9.17, 15) is 14.0 Å². The van der Waals surface area contributed by atoms with Gasteiger partial charge in [0.2, 0.25) is 5.91 Å². The van der Waals surface area contributed by atoms with E-state index in [1.807, 2.05) is 20.8 Å². The fourth-order valence-electron chi connectivity index (χ4n) is 4.23. The highest BCUT2D eigenvalue weighted by Crippen LogP contribution is 2.42. The van der Waals surface area contributed by atoms with Crippen LogP contribution in [0.25, 0.3) is 10.9 Å². The number of aromatic nitrogens is 1. The van der Waals surface area contributed by atoms with Gasteiger partial charge in [-0.15, -0.1) is 0 Å². The smallest absolute Gasteiger partial charge is 0.255 e. The van der Waals surface area contributed by atoms with Crippen LogP contribution in [0.1, 0.15) is 38.4 Å². The van der Waals surface area contributed by atoms with Gasteiger partial charge in [-0.1, -0.05) is 6.92 Å². The lowest BCUT2D eigenvalue weighted by Crippen LogP contribution is -2.68. The number of amides is 2. The molecule has 1 aromatic carbocycles. The van der Waals surface area contributed by atoms with Gasteiger partial charge in [-0.2, -0.15) is 0 Å². The van der Waals surface area contributed by atoms with Gasteiger partial charge in [-0.05, 0) is 50.5 Å². The monoisotopic (exact) mass is 343 g/mol. The van der Waals surface area contributed by atoms with Crippen LogP contribution < -0.4 is 0 Å². The van der Waals surface area contributed by atoms with Crippen molar-refractivity contribution in [3.63, 3.8) is 0 Å². The first kappa shape index (κ1) is 16.1. The Balaban J connectivity index is 1.92. The molecule has 1 fully saturated rings. The number of hydrogen-bond donors (Lipinski definition) is 1. The highest BCUT2D eigenvalue weighted by Gasteiger charge is 2.54. The number of piperazine rings is 1. The minimum absolute atomic E-state index is 0.00243. The van der Waals surface area contributed by atoms with E-state index in [4.69, 9.17) is 0 Å². The molecule has 2 amide bonds. The molecule has 132 valence electrons. The molecule has 3 heterocycles. The van der Waals surface area contributed by atoms with Crippen molar-refractivity contribution in [2.24, 2.45) is 0 Å². The maximum Gasteiger partial charge on any atom is 0.255 e. The SMILES string of the molecule is CCC(C)N1CC(=O)N2CCc3c([nH]c4ccc(F)cc34)[C@@]2(C)C1=O. The lowest BCUT2D eigenvalue weighted by molar-refractivity contribution is -0.168. The molecule has 4 rings (SSSR count). The summed E-state index contributed by atoms with van der Waals surface area (Å²) >= 11 is 0. The summed E-state index contributed by atoms with van der Waals surface area (Å²) in [5, 5.41) is 0.803. The standard InChI is InChI=1S/C19H22FN3O2/c1-4-11(2)22-10-16(24)23-8-7-13-14-9-12(20)5-6-15(14)21-17(13)19(23,3)18(22)25/h5-6,9,11,21H,4,7-8,10H2,1-3H3/t11?,19-/m0/s1. The summed E-state index contributed by atoms with van der Waals surface area (Å²) in [6.45, 7) is 6.40. The zero-order chi connectivity index (χ0) is 17.9. The molecule has 0 radical (unpaired) electrons. The van der Waals surface area contributed by atoms with Gasteiger partial charge < -0.3 is 14.8 Å². The van der Waals surface area contributed by atoms with Crippen molar-refractivity contribution in [2.45, 2.75) is 45.2 Å². The molecule has 0 spiro atoms. The summed E-state index contributed by atoms with van der Waals surface area (Å²) in [7, 11) is 0. The van der Waals surface area contributed by atoms with Crippen molar-refractivity contribution in [1.29, 1.82) is 0 Å². The highest BCUT2D eigenvalue weighted by atomic mass is 19.1. The predicted octanol–water partition coefficient (Wildman–Crippen LogP) is 2.55. The summed E-state index contributed by atoms with van der Waals surface area (Å²) in [5.74, 6) is -0.388. The third kappa shape index (κ3) is 2.06. The lowest BCUT2D eigenvalue weighted by Gasteiger charge is -2.50. The first-order valence-corrected chi connectivity index (χ1v) is 8.80. The molecule has 2 aromatic rings. The summed E-state index contributed by atoms with van der Waals surface area (Å²) in [4.78, 5) is 32.8. The van der Waals surface area contributed by atoms with Crippen LogP contribution in [0.3, 0.4) is 0 Å². The largest absolute Gasteiger partial charge is 0.356 e. The molecule has 1 unspecified atom stereocenters. The average Bonchev–Trinajstić information content (AvgIpc) is 2.96. The molecular formula is C19H22FN3O2. The maximum atomic E-state index is 13.7. The Morgan fingerprint density at radius 3 is 2.84 bits per heavy atom. The molecular weight excluding hydrogens is 321 g/mol. The van der Waals surface area contributed by atoms with E-state index in [-0.39, 0.29) is 30.2 Å². The van der Waals surface area contributed by atoms with Crippen molar-refractivity contribution >= 4 is 22.7 Å². The summed E-state index contributed by atoms with van der Waals surface area (Å²) in [6.07, 6.45) is 1.41. The van der Waals surface area contributed by atoms with Crippen LogP contribution in [0.2, 0.25) is 0 Å². The summed E-state index contributed by atoms with van der Waals surface area (Å²) in [6, 6.07) is 4.61. The van der Waals surface area contributed by atoms with Crippen LogP contribution in [0.4, 0.5) is 4.39 Å². The number of halogens is 1. The number of benzene rings is 1. The molecule has 6 heteroatoms. The number of hydrogen-bond acceptors (Lipinski definition) is 2. The van der Waals surface area contributed by atoms with Crippen molar-refractivity contribution in [3.05, 3.63) is 35.3 Å². The van der Waals surface area contributed by atoms with Gasteiger partial charge in [-0.25, -0.2) is 4.39 Å². The zero-order valence-electron chi connectivity index (χ0n) is 14.7. The molecule has 1 saturated heterocycles. The van der Waals surface area contributed by atoms with Gasteiger partial charge in [0.25, 0.3) is 5.91 Å². The molecule has 2 atom stereocenters.